The number of hydrogen-bond donors (Lipinski definition) is 0. The summed E-state index contributed by atoms with van der Waals surface area (Å²) in [5.74, 6) is -0.377. The summed E-state index contributed by atoms with van der Waals surface area (Å²) in [6, 6.07) is 6.55. The molecule has 0 atom stereocenters. The van der Waals surface area contributed by atoms with Crippen LogP contribution >= 0.6 is 11.3 Å². The normalized spacial score (nSPS) is 10.2. The third kappa shape index (κ3) is 2.53. The van der Waals surface area contributed by atoms with E-state index in [4.69, 9.17) is 4.74 Å². The predicted octanol–water partition coefficient (Wildman–Crippen LogP) is 3.32. The summed E-state index contributed by atoms with van der Waals surface area (Å²) in [7, 11) is 1.41. The molecule has 17 heavy (non-hydrogen) atoms. The van der Waals surface area contributed by atoms with Gasteiger partial charge in [-0.1, -0.05) is 12.1 Å². The lowest BCUT2D eigenvalue weighted by atomic mass is 10.0. The molecule has 0 spiro atoms. The van der Waals surface area contributed by atoms with Crippen LogP contribution in [0.25, 0.3) is 0 Å². The summed E-state index contributed by atoms with van der Waals surface area (Å²) >= 11 is 1.45. The smallest absolute Gasteiger partial charge is 0.168 e. The quantitative estimate of drug-likeness (QED) is 0.778. The Labute approximate surface area is 103 Å². The maximum Gasteiger partial charge on any atom is 0.168 e. The van der Waals surface area contributed by atoms with E-state index in [1.807, 2.05) is 5.38 Å². The van der Waals surface area contributed by atoms with Gasteiger partial charge < -0.3 is 4.74 Å². The van der Waals surface area contributed by atoms with Crippen LogP contribution in [0.15, 0.2) is 35.0 Å². The largest absolute Gasteiger partial charge is 0.494 e. The molecule has 1 aromatic carbocycles. The van der Waals surface area contributed by atoms with Gasteiger partial charge in [-0.15, -0.1) is 0 Å². The summed E-state index contributed by atoms with van der Waals surface area (Å²) < 4.78 is 18.7. The average Bonchev–Trinajstić information content (AvgIpc) is 2.85. The minimum Gasteiger partial charge on any atom is -0.494 e. The number of benzene rings is 1. The van der Waals surface area contributed by atoms with Gasteiger partial charge in [0.2, 0.25) is 0 Å². The Bertz CT molecular complexity index is 520. The molecule has 0 unspecified atom stereocenters. The second-order valence-corrected chi connectivity index (χ2v) is 4.33. The monoisotopic (exact) mass is 250 g/mol. The molecule has 0 saturated heterocycles. The molecule has 0 aliphatic carbocycles. The lowest BCUT2D eigenvalue weighted by Crippen LogP contribution is -2.04. The molecule has 0 aliphatic rings. The van der Waals surface area contributed by atoms with Crippen molar-refractivity contribution in [2.24, 2.45) is 0 Å². The van der Waals surface area contributed by atoms with Gasteiger partial charge in [0.15, 0.2) is 17.3 Å². The number of Topliss-reactive ketones (excluding diaryl/α,β-unsaturated/α-hetero) is 1. The van der Waals surface area contributed by atoms with Crippen molar-refractivity contribution in [3.63, 3.8) is 0 Å². The molecule has 0 saturated carbocycles. The van der Waals surface area contributed by atoms with E-state index in [-0.39, 0.29) is 18.0 Å². The molecule has 1 aromatic heterocycles. The first-order valence-corrected chi connectivity index (χ1v) is 6.03. The van der Waals surface area contributed by atoms with Gasteiger partial charge in [0.25, 0.3) is 0 Å². The van der Waals surface area contributed by atoms with Gasteiger partial charge in [0.05, 0.1) is 7.11 Å². The first-order chi connectivity index (χ1) is 8.22. The number of hydrogen-bond acceptors (Lipinski definition) is 3. The summed E-state index contributed by atoms with van der Waals surface area (Å²) in [6.45, 7) is 0. The minimum atomic E-state index is -0.460. The standard InChI is InChI=1S/C13H11FO2S/c1-16-12-4-2-3-9(13(12)14)7-11(15)10-5-6-17-8-10/h2-6,8H,7H2,1H3. The number of ether oxygens (including phenoxy) is 1. The van der Waals surface area contributed by atoms with Gasteiger partial charge in [-0.3, -0.25) is 4.79 Å². The van der Waals surface area contributed by atoms with Crippen molar-refractivity contribution in [2.75, 3.05) is 7.11 Å². The van der Waals surface area contributed by atoms with E-state index >= 15 is 0 Å². The first-order valence-electron chi connectivity index (χ1n) is 5.09. The van der Waals surface area contributed by atoms with E-state index in [1.54, 1.807) is 23.6 Å². The highest BCUT2D eigenvalue weighted by atomic mass is 32.1. The van der Waals surface area contributed by atoms with Gasteiger partial charge >= 0.3 is 0 Å². The van der Waals surface area contributed by atoms with E-state index in [0.717, 1.165) is 0 Å². The summed E-state index contributed by atoms with van der Waals surface area (Å²) in [4.78, 5) is 11.8. The molecule has 4 heteroatoms. The van der Waals surface area contributed by atoms with E-state index in [9.17, 15) is 9.18 Å². The molecule has 0 amide bonds. The fourth-order valence-electron chi connectivity index (χ4n) is 1.55. The highest BCUT2D eigenvalue weighted by Crippen LogP contribution is 2.21. The van der Waals surface area contributed by atoms with Crippen LogP contribution in [0.5, 0.6) is 5.75 Å². The van der Waals surface area contributed by atoms with Crippen LogP contribution in [0.2, 0.25) is 0 Å². The molecule has 88 valence electrons. The Morgan fingerprint density at radius 2 is 2.24 bits per heavy atom. The third-order valence-electron chi connectivity index (χ3n) is 2.46. The van der Waals surface area contributed by atoms with Gasteiger partial charge in [-0.2, -0.15) is 11.3 Å². The third-order valence-corrected chi connectivity index (χ3v) is 3.14. The Kier molecular flexibility index (Phi) is 3.54. The first kappa shape index (κ1) is 11.8. The number of ketones is 1. The van der Waals surface area contributed by atoms with E-state index in [2.05, 4.69) is 0 Å². The summed E-state index contributed by atoms with van der Waals surface area (Å²) in [5, 5.41) is 3.59. The molecule has 2 aromatic rings. The van der Waals surface area contributed by atoms with Crippen molar-refractivity contribution in [3.8, 4) is 5.75 Å². The number of carbonyl (C=O) groups is 1. The van der Waals surface area contributed by atoms with E-state index < -0.39 is 5.82 Å². The van der Waals surface area contributed by atoms with Crippen molar-refractivity contribution in [3.05, 3.63) is 52.0 Å². The van der Waals surface area contributed by atoms with Gasteiger partial charge in [-0.25, -0.2) is 4.39 Å². The van der Waals surface area contributed by atoms with Gasteiger partial charge in [0, 0.05) is 17.4 Å². The summed E-state index contributed by atoms with van der Waals surface area (Å²) in [6.07, 6.45) is 0.0553. The molecule has 0 aliphatic heterocycles. The van der Waals surface area contributed by atoms with Crippen molar-refractivity contribution >= 4 is 17.1 Å². The zero-order valence-corrected chi connectivity index (χ0v) is 10.1. The van der Waals surface area contributed by atoms with E-state index in [0.29, 0.717) is 11.1 Å². The highest BCUT2D eigenvalue weighted by molar-refractivity contribution is 7.08. The second kappa shape index (κ2) is 5.10. The van der Waals surface area contributed by atoms with Gasteiger partial charge in [0.1, 0.15) is 0 Å². The number of methoxy groups -OCH3 is 1. The maximum atomic E-state index is 13.8. The van der Waals surface area contributed by atoms with Crippen LogP contribution in [-0.4, -0.2) is 12.9 Å². The summed E-state index contributed by atoms with van der Waals surface area (Å²) in [5.41, 5.74) is 0.984. The molecule has 0 N–H and O–H groups in total. The van der Waals surface area contributed by atoms with Crippen LogP contribution in [-0.2, 0) is 6.42 Å². The zero-order valence-electron chi connectivity index (χ0n) is 9.27. The average molecular weight is 250 g/mol. The predicted molar refractivity (Wildman–Crippen MR) is 65.3 cm³/mol. The number of halogens is 1. The molecule has 1 heterocycles. The molecule has 0 bridgehead atoms. The van der Waals surface area contributed by atoms with Gasteiger partial charge in [-0.05, 0) is 23.1 Å². The fraction of sp³-hybridized carbons (Fsp3) is 0.154. The van der Waals surface area contributed by atoms with Crippen LogP contribution in [0.1, 0.15) is 15.9 Å². The lowest BCUT2D eigenvalue weighted by Gasteiger charge is -2.06. The Hall–Kier alpha value is -1.68. The van der Waals surface area contributed by atoms with Crippen molar-refractivity contribution in [2.45, 2.75) is 6.42 Å². The molecular weight excluding hydrogens is 239 g/mol. The lowest BCUT2D eigenvalue weighted by molar-refractivity contribution is 0.0992. The number of thiophene rings is 1. The van der Waals surface area contributed by atoms with Crippen molar-refractivity contribution < 1.29 is 13.9 Å². The van der Waals surface area contributed by atoms with Crippen LogP contribution in [0.4, 0.5) is 4.39 Å². The molecular formula is C13H11FO2S. The Morgan fingerprint density at radius 3 is 2.88 bits per heavy atom. The molecule has 2 rings (SSSR count). The maximum absolute atomic E-state index is 13.8. The van der Waals surface area contributed by atoms with Crippen LogP contribution in [0, 0.1) is 5.82 Å². The number of carbonyl (C=O) groups excluding carboxylic acids is 1. The second-order valence-electron chi connectivity index (χ2n) is 3.55. The molecule has 0 radical (unpaired) electrons. The Balaban J connectivity index is 2.22. The molecule has 0 fully saturated rings. The zero-order chi connectivity index (χ0) is 12.3. The SMILES string of the molecule is COc1cccc(CC(=O)c2ccsc2)c1F. The number of rotatable bonds is 4. The van der Waals surface area contributed by atoms with Crippen molar-refractivity contribution in [1.82, 2.24) is 0 Å². The molecule has 2 nitrogen and oxygen atoms in total. The fourth-order valence-corrected chi connectivity index (χ4v) is 2.21. The minimum absolute atomic E-state index is 0.0553. The topological polar surface area (TPSA) is 26.3 Å². The Morgan fingerprint density at radius 1 is 1.41 bits per heavy atom. The van der Waals surface area contributed by atoms with Crippen molar-refractivity contribution in [1.29, 1.82) is 0 Å². The highest BCUT2D eigenvalue weighted by Gasteiger charge is 2.13. The van der Waals surface area contributed by atoms with Crippen LogP contribution < -0.4 is 4.74 Å². The van der Waals surface area contributed by atoms with Crippen LogP contribution in [0.3, 0.4) is 0 Å². The van der Waals surface area contributed by atoms with E-state index in [1.165, 1.54) is 24.5 Å².